The number of halogens is 1. The molecule has 1 heterocycles. The molecule has 0 N–H and O–H groups in total. The molecule has 106 valence electrons. The first-order chi connectivity index (χ1) is 9.78. The smallest absolute Gasteiger partial charge is 0.101 e. The van der Waals surface area contributed by atoms with Gasteiger partial charge in [0.15, 0.2) is 0 Å². The Kier molecular flexibility index (Phi) is 4.14. The lowest BCUT2D eigenvalue weighted by Gasteiger charge is -2.39. The van der Waals surface area contributed by atoms with Crippen LogP contribution in [0, 0.1) is 11.3 Å². The SMILES string of the molecule is N#Cc1ccc(Cl)cc1N1CCN(C2CCCC2)CC1. The van der Waals surface area contributed by atoms with Gasteiger partial charge in [-0.05, 0) is 31.0 Å². The van der Waals surface area contributed by atoms with Crippen molar-refractivity contribution in [1.82, 2.24) is 4.90 Å². The largest absolute Gasteiger partial charge is 0.368 e. The van der Waals surface area contributed by atoms with Crippen LogP contribution in [0.3, 0.4) is 0 Å². The molecule has 1 aliphatic carbocycles. The molecule has 1 saturated carbocycles. The molecule has 1 aromatic rings. The molecule has 0 atom stereocenters. The van der Waals surface area contributed by atoms with E-state index in [9.17, 15) is 5.26 Å². The second-order valence-corrected chi connectivity index (χ2v) is 6.17. The van der Waals surface area contributed by atoms with Gasteiger partial charge in [0.05, 0.1) is 11.3 Å². The average Bonchev–Trinajstić information content (AvgIpc) is 3.02. The van der Waals surface area contributed by atoms with Crippen LogP contribution in [0.5, 0.6) is 0 Å². The van der Waals surface area contributed by atoms with Gasteiger partial charge in [0.1, 0.15) is 6.07 Å². The molecule has 0 unspecified atom stereocenters. The highest BCUT2D eigenvalue weighted by Crippen LogP contribution is 2.28. The molecule has 2 fully saturated rings. The van der Waals surface area contributed by atoms with Gasteiger partial charge in [-0.15, -0.1) is 0 Å². The van der Waals surface area contributed by atoms with Gasteiger partial charge in [0.2, 0.25) is 0 Å². The highest BCUT2D eigenvalue weighted by atomic mass is 35.5. The van der Waals surface area contributed by atoms with Gasteiger partial charge in [-0.2, -0.15) is 5.26 Å². The predicted molar refractivity (Wildman–Crippen MR) is 82.2 cm³/mol. The monoisotopic (exact) mass is 289 g/mol. The minimum absolute atomic E-state index is 0.706. The molecule has 20 heavy (non-hydrogen) atoms. The van der Waals surface area contributed by atoms with Gasteiger partial charge < -0.3 is 4.90 Å². The summed E-state index contributed by atoms with van der Waals surface area (Å²) in [6, 6.07) is 8.60. The van der Waals surface area contributed by atoms with Crippen molar-refractivity contribution < 1.29 is 0 Å². The van der Waals surface area contributed by atoms with Crippen LogP contribution in [0.15, 0.2) is 18.2 Å². The van der Waals surface area contributed by atoms with Gasteiger partial charge in [-0.3, -0.25) is 4.90 Å². The lowest BCUT2D eigenvalue weighted by molar-refractivity contribution is 0.187. The summed E-state index contributed by atoms with van der Waals surface area (Å²) in [7, 11) is 0. The molecular formula is C16H20ClN3. The molecule has 0 aromatic heterocycles. The Hall–Kier alpha value is -1.24. The first kappa shape index (κ1) is 13.7. The van der Waals surface area contributed by atoms with Crippen LogP contribution in [0.2, 0.25) is 5.02 Å². The third kappa shape index (κ3) is 2.77. The molecule has 3 rings (SSSR count). The van der Waals surface area contributed by atoms with Crippen molar-refractivity contribution in [2.45, 2.75) is 31.7 Å². The Labute approximate surface area is 125 Å². The van der Waals surface area contributed by atoms with Crippen LogP contribution in [0.1, 0.15) is 31.2 Å². The lowest BCUT2D eigenvalue weighted by Crippen LogP contribution is -2.49. The number of hydrogen-bond acceptors (Lipinski definition) is 3. The normalized spacial score (nSPS) is 21.1. The molecule has 0 radical (unpaired) electrons. The summed E-state index contributed by atoms with van der Waals surface area (Å²) in [5.41, 5.74) is 1.72. The zero-order valence-electron chi connectivity index (χ0n) is 11.7. The summed E-state index contributed by atoms with van der Waals surface area (Å²) in [6.07, 6.45) is 5.50. The Morgan fingerprint density at radius 3 is 2.45 bits per heavy atom. The minimum atomic E-state index is 0.706. The first-order valence-corrected chi connectivity index (χ1v) is 7.84. The highest BCUT2D eigenvalue weighted by Gasteiger charge is 2.26. The van der Waals surface area contributed by atoms with E-state index in [0.29, 0.717) is 5.02 Å². The predicted octanol–water partition coefficient (Wildman–Crippen LogP) is 3.28. The standard InChI is InChI=1S/C16H20ClN3/c17-14-6-5-13(12-18)16(11-14)20-9-7-19(8-10-20)15-3-1-2-4-15/h5-6,11,15H,1-4,7-10H2. The van der Waals surface area contributed by atoms with Crippen molar-refractivity contribution in [2.24, 2.45) is 0 Å². The maximum absolute atomic E-state index is 9.23. The number of piperazine rings is 1. The van der Waals surface area contributed by atoms with E-state index in [1.54, 1.807) is 6.07 Å². The third-order valence-corrected chi connectivity index (χ3v) is 4.81. The van der Waals surface area contributed by atoms with Gasteiger partial charge >= 0.3 is 0 Å². The van der Waals surface area contributed by atoms with E-state index in [0.717, 1.165) is 43.5 Å². The van der Waals surface area contributed by atoms with Crippen LogP contribution in [0.4, 0.5) is 5.69 Å². The van der Waals surface area contributed by atoms with Gasteiger partial charge in [0.25, 0.3) is 0 Å². The Morgan fingerprint density at radius 1 is 1.10 bits per heavy atom. The van der Waals surface area contributed by atoms with E-state index in [4.69, 9.17) is 11.6 Å². The summed E-state index contributed by atoms with van der Waals surface area (Å²) in [6.45, 7) is 4.18. The maximum Gasteiger partial charge on any atom is 0.101 e. The van der Waals surface area contributed by atoms with Crippen LogP contribution >= 0.6 is 11.6 Å². The molecule has 4 heteroatoms. The van der Waals surface area contributed by atoms with E-state index < -0.39 is 0 Å². The average molecular weight is 290 g/mol. The summed E-state index contributed by atoms with van der Waals surface area (Å²) < 4.78 is 0. The number of benzene rings is 1. The molecule has 1 saturated heterocycles. The van der Waals surface area contributed by atoms with Gasteiger partial charge in [-0.1, -0.05) is 24.4 Å². The fourth-order valence-corrected chi connectivity index (χ4v) is 3.62. The van der Waals surface area contributed by atoms with Crippen molar-refractivity contribution in [2.75, 3.05) is 31.1 Å². The van der Waals surface area contributed by atoms with E-state index in [-0.39, 0.29) is 0 Å². The summed E-state index contributed by atoms with van der Waals surface area (Å²) >= 11 is 6.08. The number of rotatable bonds is 2. The van der Waals surface area contributed by atoms with Crippen molar-refractivity contribution in [1.29, 1.82) is 5.26 Å². The third-order valence-electron chi connectivity index (χ3n) is 4.58. The van der Waals surface area contributed by atoms with E-state index >= 15 is 0 Å². The lowest BCUT2D eigenvalue weighted by atomic mass is 10.1. The first-order valence-electron chi connectivity index (χ1n) is 7.46. The van der Waals surface area contributed by atoms with Crippen LogP contribution in [-0.2, 0) is 0 Å². The summed E-state index contributed by atoms with van der Waals surface area (Å²) in [5.74, 6) is 0. The van der Waals surface area contributed by atoms with Crippen molar-refractivity contribution in [3.63, 3.8) is 0 Å². The number of nitrogens with zero attached hydrogens (tertiary/aromatic N) is 3. The molecule has 2 aliphatic rings. The van der Waals surface area contributed by atoms with Crippen LogP contribution < -0.4 is 4.90 Å². The zero-order valence-corrected chi connectivity index (χ0v) is 12.4. The summed E-state index contributed by atoms with van der Waals surface area (Å²) in [5, 5.41) is 9.94. The van der Waals surface area contributed by atoms with E-state index in [1.807, 2.05) is 12.1 Å². The van der Waals surface area contributed by atoms with Crippen LogP contribution in [-0.4, -0.2) is 37.1 Å². The molecule has 0 amide bonds. The van der Waals surface area contributed by atoms with Crippen molar-refractivity contribution in [3.8, 4) is 6.07 Å². The minimum Gasteiger partial charge on any atom is -0.368 e. The summed E-state index contributed by atoms with van der Waals surface area (Å²) in [4.78, 5) is 4.93. The molecule has 0 spiro atoms. The van der Waals surface area contributed by atoms with Crippen LogP contribution in [0.25, 0.3) is 0 Å². The fourth-order valence-electron chi connectivity index (χ4n) is 3.46. The Balaban J connectivity index is 1.69. The maximum atomic E-state index is 9.23. The quantitative estimate of drug-likeness (QED) is 0.837. The van der Waals surface area contributed by atoms with Gasteiger partial charge in [-0.25, -0.2) is 0 Å². The highest BCUT2D eigenvalue weighted by molar-refractivity contribution is 6.30. The second-order valence-electron chi connectivity index (χ2n) is 5.73. The Morgan fingerprint density at radius 2 is 1.80 bits per heavy atom. The zero-order chi connectivity index (χ0) is 13.9. The number of nitriles is 1. The van der Waals surface area contributed by atoms with E-state index in [1.165, 1.54) is 25.7 Å². The molecule has 3 nitrogen and oxygen atoms in total. The fraction of sp³-hybridized carbons (Fsp3) is 0.562. The van der Waals surface area contributed by atoms with E-state index in [2.05, 4.69) is 15.9 Å². The van der Waals surface area contributed by atoms with Crippen molar-refractivity contribution >= 4 is 17.3 Å². The van der Waals surface area contributed by atoms with Gasteiger partial charge in [0, 0.05) is 37.2 Å². The molecule has 1 aromatic carbocycles. The topological polar surface area (TPSA) is 30.3 Å². The number of hydrogen-bond donors (Lipinski definition) is 0. The molecular weight excluding hydrogens is 270 g/mol. The Bertz CT molecular complexity index is 509. The molecule has 0 bridgehead atoms. The second kappa shape index (κ2) is 6.03. The number of anilines is 1. The molecule has 1 aliphatic heterocycles. The van der Waals surface area contributed by atoms with Crippen molar-refractivity contribution in [3.05, 3.63) is 28.8 Å².